The Hall–Kier alpha value is -0.820. The molecule has 1 aromatic carbocycles. The van der Waals surface area contributed by atoms with Crippen molar-refractivity contribution in [3.63, 3.8) is 0 Å². The Morgan fingerprint density at radius 3 is 2.25 bits per heavy atom. The SMILES string of the molecule is C=CS(=O)(=O)c1ccc(C(F)(F)F)cc1Br. The van der Waals surface area contributed by atoms with Crippen LogP contribution in [0.2, 0.25) is 0 Å². The van der Waals surface area contributed by atoms with E-state index < -0.39 is 21.6 Å². The van der Waals surface area contributed by atoms with E-state index in [1.54, 1.807) is 0 Å². The van der Waals surface area contributed by atoms with Crippen molar-refractivity contribution in [2.45, 2.75) is 11.1 Å². The second-order valence-electron chi connectivity index (χ2n) is 2.85. The highest BCUT2D eigenvalue weighted by Crippen LogP contribution is 2.33. The van der Waals surface area contributed by atoms with Crippen molar-refractivity contribution in [3.8, 4) is 0 Å². The van der Waals surface area contributed by atoms with Crippen molar-refractivity contribution in [3.05, 3.63) is 40.2 Å². The molecule has 2 nitrogen and oxygen atoms in total. The molecule has 0 heterocycles. The third kappa shape index (κ3) is 2.65. The maximum Gasteiger partial charge on any atom is 0.416 e. The van der Waals surface area contributed by atoms with Gasteiger partial charge >= 0.3 is 6.18 Å². The van der Waals surface area contributed by atoms with Gasteiger partial charge in [0.1, 0.15) is 0 Å². The molecule has 1 rings (SSSR count). The standard InChI is InChI=1S/C9H6BrF3O2S/c1-2-16(14,15)8-4-3-6(5-7(8)10)9(11,12)13/h2-5H,1H2. The fourth-order valence-corrected chi connectivity index (χ4v) is 2.82. The zero-order valence-electron chi connectivity index (χ0n) is 7.75. The number of hydrogen-bond acceptors (Lipinski definition) is 2. The summed E-state index contributed by atoms with van der Waals surface area (Å²) < 4.78 is 59.4. The minimum atomic E-state index is -4.50. The lowest BCUT2D eigenvalue weighted by atomic mass is 10.2. The van der Waals surface area contributed by atoms with Crippen LogP contribution >= 0.6 is 15.9 Å². The fourth-order valence-electron chi connectivity index (χ4n) is 0.998. The summed E-state index contributed by atoms with van der Waals surface area (Å²) in [6.07, 6.45) is -4.50. The van der Waals surface area contributed by atoms with E-state index in [0.29, 0.717) is 11.5 Å². The normalized spacial score (nSPS) is 12.5. The van der Waals surface area contributed by atoms with Crippen LogP contribution in [0.25, 0.3) is 0 Å². The molecule has 0 aliphatic carbocycles. The maximum atomic E-state index is 12.3. The second-order valence-corrected chi connectivity index (χ2v) is 5.57. The van der Waals surface area contributed by atoms with E-state index in [4.69, 9.17) is 0 Å². The van der Waals surface area contributed by atoms with E-state index in [-0.39, 0.29) is 9.37 Å². The Balaban J connectivity index is 3.37. The van der Waals surface area contributed by atoms with E-state index in [9.17, 15) is 21.6 Å². The molecule has 0 atom stereocenters. The van der Waals surface area contributed by atoms with Gasteiger partial charge in [0.05, 0.1) is 10.5 Å². The van der Waals surface area contributed by atoms with Crippen LogP contribution in [-0.2, 0) is 16.0 Å². The van der Waals surface area contributed by atoms with Crippen LogP contribution in [-0.4, -0.2) is 8.42 Å². The largest absolute Gasteiger partial charge is 0.416 e. The molecule has 0 saturated heterocycles. The first kappa shape index (κ1) is 13.2. The first-order chi connectivity index (χ1) is 7.18. The van der Waals surface area contributed by atoms with Gasteiger partial charge in [0.15, 0.2) is 9.84 Å². The predicted molar refractivity (Wildman–Crippen MR) is 56.5 cm³/mol. The Kier molecular flexibility index (Phi) is 3.49. The van der Waals surface area contributed by atoms with Gasteiger partial charge in [0, 0.05) is 9.88 Å². The number of sulfone groups is 1. The number of halogens is 4. The molecule has 0 bridgehead atoms. The molecule has 0 radical (unpaired) electrons. The maximum absolute atomic E-state index is 12.3. The number of hydrogen-bond donors (Lipinski definition) is 0. The molecule has 7 heteroatoms. The van der Waals surface area contributed by atoms with Crippen LogP contribution < -0.4 is 0 Å². The van der Waals surface area contributed by atoms with E-state index in [1.165, 1.54) is 0 Å². The smallest absolute Gasteiger partial charge is 0.219 e. The summed E-state index contributed by atoms with van der Waals surface area (Å²) in [6, 6.07) is 2.32. The van der Waals surface area contributed by atoms with Gasteiger partial charge < -0.3 is 0 Å². The van der Waals surface area contributed by atoms with E-state index in [0.717, 1.165) is 12.1 Å². The Morgan fingerprint density at radius 2 is 1.88 bits per heavy atom. The molecule has 0 aliphatic rings. The third-order valence-electron chi connectivity index (χ3n) is 1.79. The lowest BCUT2D eigenvalue weighted by Crippen LogP contribution is -2.06. The van der Waals surface area contributed by atoms with Gasteiger partial charge in [-0.2, -0.15) is 13.2 Å². The zero-order valence-corrected chi connectivity index (χ0v) is 10.2. The van der Waals surface area contributed by atoms with E-state index in [2.05, 4.69) is 22.5 Å². The number of rotatable bonds is 2. The number of alkyl halides is 3. The van der Waals surface area contributed by atoms with Crippen molar-refractivity contribution < 1.29 is 21.6 Å². The highest BCUT2D eigenvalue weighted by Gasteiger charge is 2.31. The minimum Gasteiger partial charge on any atom is -0.219 e. The van der Waals surface area contributed by atoms with Crippen molar-refractivity contribution in [2.75, 3.05) is 0 Å². The van der Waals surface area contributed by atoms with Crippen LogP contribution in [0.3, 0.4) is 0 Å². The summed E-state index contributed by atoms with van der Waals surface area (Å²) in [5.74, 6) is 0. The fraction of sp³-hybridized carbons (Fsp3) is 0.111. The van der Waals surface area contributed by atoms with Gasteiger partial charge in [-0.05, 0) is 34.1 Å². The lowest BCUT2D eigenvalue weighted by Gasteiger charge is -2.09. The Labute approximate surface area is 98.8 Å². The molecular weight excluding hydrogens is 309 g/mol. The molecule has 0 N–H and O–H groups in total. The van der Waals surface area contributed by atoms with E-state index in [1.807, 2.05) is 0 Å². The quantitative estimate of drug-likeness (QED) is 0.838. The van der Waals surface area contributed by atoms with Gasteiger partial charge in [0.2, 0.25) is 0 Å². The van der Waals surface area contributed by atoms with E-state index >= 15 is 0 Å². The molecule has 16 heavy (non-hydrogen) atoms. The molecule has 1 aromatic rings. The first-order valence-corrected chi connectivity index (χ1v) is 6.26. The van der Waals surface area contributed by atoms with Crippen LogP contribution in [0.4, 0.5) is 13.2 Å². The summed E-state index contributed by atoms with van der Waals surface area (Å²) in [7, 11) is -3.74. The first-order valence-electron chi connectivity index (χ1n) is 3.93. The highest BCUT2D eigenvalue weighted by molar-refractivity contribution is 9.10. The highest BCUT2D eigenvalue weighted by atomic mass is 79.9. The Morgan fingerprint density at radius 1 is 1.31 bits per heavy atom. The Bertz CT molecular complexity index is 520. The average molecular weight is 315 g/mol. The summed E-state index contributed by atoms with van der Waals surface area (Å²) >= 11 is 2.79. The van der Waals surface area contributed by atoms with Gasteiger partial charge in [-0.3, -0.25) is 0 Å². The third-order valence-corrected chi connectivity index (χ3v) is 4.11. The topological polar surface area (TPSA) is 34.1 Å². The molecule has 0 fully saturated rings. The molecule has 0 unspecified atom stereocenters. The second kappa shape index (κ2) is 4.21. The van der Waals surface area contributed by atoms with Crippen LogP contribution in [0.5, 0.6) is 0 Å². The van der Waals surface area contributed by atoms with Gasteiger partial charge in [0.25, 0.3) is 0 Å². The van der Waals surface area contributed by atoms with Crippen LogP contribution in [0.15, 0.2) is 39.6 Å². The molecule has 0 aliphatic heterocycles. The van der Waals surface area contributed by atoms with Crippen molar-refractivity contribution in [1.82, 2.24) is 0 Å². The molecule has 0 amide bonds. The minimum absolute atomic E-state index is 0.137. The van der Waals surface area contributed by atoms with Gasteiger partial charge in [-0.15, -0.1) is 0 Å². The molecule has 0 aromatic heterocycles. The summed E-state index contributed by atoms with van der Waals surface area (Å²) in [5.41, 5.74) is -0.914. The zero-order chi connectivity index (χ0) is 12.6. The average Bonchev–Trinajstić information content (AvgIpc) is 2.16. The summed E-state index contributed by atoms with van der Waals surface area (Å²) in [4.78, 5) is -0.240. The van der Waals surface area contributed by atoms with Crippen molar-refractivity contribution in [2.24, 2.45) is 0 Å². The van der Waals surface area contributed by atoms with Gasteiger partial charge in [-0.25, -0.2) is 8.42 Å². The molecule has 0 spiro atoms. The van der Waals surface area contributed by atoms with Gasteiger partial charge in [-0.1, -0.05) is 6.58 Å². The monoisotopic (exact) mass is 314 g/mol. The van der Waals surface area contributed by atoms with Crippen LogP contribution in [0, 0.1) is 0 Å². The molecule has 0 saturated carbocycles. The number of benzene rings is 1. The summed E-state index contributed by atoms with van der Waals surface area (Å²) in [6.45, 7) is 3.09. The predicted octanol–water partition coefficient (Wildman–Crippen LogP) is 3.39. The van der Waals surface area contributed by atoms with Crippen molar-refractivity contribution >= 4 is 25.8 Å². The summed E-state index contributed by atoms with van der Waals surface area (Å²) in [5, 5.41) is 0.681. The lowest BCUT2D eigenvalue weighted by molar-refractivity contribution is -0.137. The molecular formula is C9H6BrF3O2S. The molecule has 88 valence electrons. The van der Waals surface area contributed by atoms with Crippen LogP contribution in [0.1, 0.15) is 5.56 Å². The van der Waals surface area contributed by atoms with Crippen molar-refractivity contribution in [1.29, 1.82) is 0 Å².